The molecule has 1 N–H and O–H groups in total. The number of carbonyl (C=O) groups is 1. The van der Waals surface area contributed by atoms with Crippen LogP contribution in [0.5, 0.6) is 0 Å². The van der Waals surface area contributed by atoms with E-state index in [4.69, 9.17) is 0 Å². The maximum atomic E-state index is 10.4. The summed E-state index contributed by atoms with van der Waals surface area (Å²) in [7, 11) is 0. The number of aromatic amines is 1. The lowest BCUT2D eigenvalue weighted by molar-refractivity contribution is -0.389. The maximum Gasteiger partial charge on any atom is 0.381 e. The Morgan fingerprint density at radius 3 is 3.00 bits per heavy atom. The number of imidazole rings is 1. The number of ether oxygens (including phenoxy) is 1. The van der Waals surface area contributed by atoms with Gasteiger partial charge in [-0.25, -0.2) is 0 Å². The fraction of sp³-hybridized carbons (Fsp3) is 0.333. The van der Waals surface area contributed by atoms with Crippen LogP contribution in [0.4, 0.5) is 5.82 Å². The minimum atomic E-state index is -0.631. The van der Waals surface area contributed by atoms with Crippen LogP contribution in [-0.4, -0.2) is 20.9 Å². The van der Waals surface area contributed by atoms with Gasteiger partial charge in [-0.15, -0.1) is 0 Å². The van der Waals surface area contributed by atoms with Crippen LogP contribution in [0.3, 0.4) is 0 Å². The first kappa shape index (κ1) is 9.17. The van der Waals surface area contributed by atoms with Crippen molar-refractivity contribution in [2.75, 3.05) is 0 Å². The molecule has 1 rings (SSSR count). The molecule has 70 valence electrons. The molecule has 1 aromatic rings. The van der Waals surface area contributed by atoms with Gasteiger partial charge < -0.3 is 19.8 Å². The molecule has 1 heterocycles. The largest absolute Gasteiger partial charge is 0.455 e. The van der Waals surface area contributed by atoms with E-state index in [1.807, 2.05) is 0 Å². The summed E-state index contributed by atoms with van der Waals surface area (Å²) in [5, 5.41) is 10.2. The van der Waals surface area contributed by atoms with Crippen LogP contribution >= 0.6 is 0 Å². The van der Waals surface area contributed by atoms with Gasteiger partial charge in [-0.2, -0.15) is 0 Å². The van der Waals surface area contributed by atoms with E-state index >= 15 is 0 Å². The Morgan fingerprint density at radius 1 is 1.85 bits per heavy atom. The summed E-state index contributed by atoms with van der Waals surface area (Å²) in [4.78, 5) is 26.0. The highest BCUT2D eigenvalue weighted by Gasteiger charge is 2.13. The molecule has 0 atom stereocenters. The van der Waals surface area contributed by atoms with Gasteiger partial charge in [0.05, 0.1) is 0 Å². The molecule has 7 nitrogen and oxygen atoms in total. The summed E-state index contributed by atoms with van der Waals surface area (Å²) in [5.74, 6) is -0.497. The van der Waals surface area contributed by atoms with E-state index in [0.717, 1.165) is 6.20 Å². The molecule has 0 radical (unpaired) electrons. The molecule has 7 heteroatoms. The number of aromatic nitrogens is 2. The zero-order valence-electron chi connectivity index (χ0n) is 6.81. The summed E-state index contributed by atoms with van der Waals surface area (Å²) in [6.45, 7) is 1.17. The highest BCUT2D eigenvalue weighted by Crippen LogP contribution is 2.06. The average Bonchev–Trinajstić information content (AvgIpc) is 2.48. The third-order valence-electron chi connectivity index (χ3n) is 1.22. The second-order valence-corrected chi connectivity index (χ2v) is 2.24. The third kappa shape index (κ3) is 2.55. The quantitative estimate of drug-likeness (QED) is 0.417. The van der Waals surface area contributed by atoms with E-state index in [-0.39, 0.29) is 18.2 Å². The lowest BCUT2D eigenvalue weighted by atomic mass is 10.6. The molecular weight excluding hydrogens is 178 g/mol. The van der Waals surface area contributed by atoms with E-state index in [1.165, 1.54) is 6.92 Å². The monoisotopic (exact) mass is 185 g/mol. The Kier molecular flexibility index (Phi) is 2.58. The standard InChI is InChI=1S/C6H7N3O4/c1-4(10)13-3-5-7-2-6(8-5)9(11)12/h2H,3H2,1H3,(H,7,8). The first-order valence-corrected chi connectivity index (χ1v) is 3.41. The molecule has 0 unspecified atom stereocenters. The molecule has 0 amide bonds. The number of carbonyl (C=O) groups excluding carboxylic acids is 1. The molecule has 0 spiro atoms. The van der Waals surface area contributed by atoms with Crippen LogP contribution in [0, 0.1) is 10.1 Å². The number of hydrogen-bond donors (Lipinski definition) is 1. The number of nitrogens with zero attached hydrogens (tertiary/aromatic N) is 2. The van der Waals surface area contributed by atoms with E-state index in [9.17, 15) is 14.9 Å². The molecule has 0 bridgehead atoms. The van der Waals surface area contributed by atoms with Gasteiger partial charge in [0.1, 0.15) is 6.20 Å². The second kappa shape index (κ2) is 3.65. The Labute approximate surface area is 72.9 Å². The third-order valence-corrected chi connectivity index (χ3v) is 1.22. The van der Waals surface area contributed by atoms with E-state index in [1.54, 1.807) is 0 Å². The zero-order chi connectivity index (χ0) is 9.84. The number of esters is 1. The fourth-order valence-electron chi connectivity index (χ4n) is 0.688. The van der Waals surface area contributed by atoms with Crippen LogP contribution in [0.25, 0.3) is 0 Å². The van der Waals surface area contributed by atoms with Crippen molar-refractivity contribution in [3.63, 3.8) is 0 Å². The molecule has 0 saturated heterocycles. The van der Waals surface area contributed by atoms with Gasteiger partial charge in [0.2, 0.25) is 0 Å². The van der Waals surface area contributed by atoms with Crippen molar-refractivity contribution in [3.8, 4) is 0 Å². The Morgan fingerprint density at radius 2 is 2.54 bits per heavy atom. The van der Waals surface area contributed by atoms with Gasteiger partial charge in [0.15, 0.2) is 6.61 Å². The van der Waals surface area contributed by atoms with Crippen LogP contribution in [-0.2, 0) is 16.1 Å². The second-order valence-electron chi connectivity index (χ2n) is 2.24. The molecule has 0 saturated carbocycles. The number of hydrogen-bond acceptors (Lipinski definition) is 5. The van der Waals surface area contributed by atoms with Crippen molar-refractivity contribution < 1.29 is 14.5 Å². The summed E-state index contributed by atoms with van der Waals surface area (Å²) < 4.78 is 4.57. The topological polar surface area (TPSA) is 98.1 Å². The Balaban J connectivity index is 2.59. The molecule has 0 aliphatic rings. The van der Waals surface area contributed by atoms with Crippen molar-refractivity contribution in [2.24, 2.45) is 0 Å². The van der Waals surface area contributed by atoms with Gasteiger partial charge in [0, 0.05) is 6.92 Å². The molecule has 1 aromatic heterocycles. The Bertz CT molecular complexity index is 332. The normalized spacial score (nSPS) is 9.62. The average molecular weight is 185 g/mol. The van der Waals surface area contributed by atoms with Gasteiger partial charge in [-0.3, -0.25) is 4.79 Å². The van der Waals surface area contributed by atoms with Gasteiger partial charge in [-0.05, 0) is 9.91 Å². The lowest BCUT2D eigenvalue weighted by Gasteiger charge is -1.92. The van der Waals surface area contributed by atoms with Gasteiger partial charge in [-0.1, -0.05) is 0 Å². The minimum absolute atomic E-state index is 0.0802. The van der Waals surface area contributed by atoms with Crippen LogP contribution < -0.4 is 0 Å². The van der Waals surface area contributed by atoms with Crippen molar-refractivity contribution in [1.82, 2.24) is 9.97 Å². The molecule has 0 aromatic carbocycles. The number of nitro groups is 1. The Hall–Kier alpha value is -1.92. The predicted octanol–water partition coefficient (Wildman–Crippen LogP) is 0.381. The van der Waals surface area contributed by atoms with Gasteiger partial charge in [0.25, 0.3) is 5.82 Å². The van der Waals surface area contributed by atoms with Crippen molar-refractivity contribution in [1.29, 1.82) is 0 Å². The highest BCUT2D eigenvalue weighted by atomic mass is 16.6. The highest BCUT2D eigenvalue weighted by molar-refractivity contribution is 5.65. The van der Waals surface area contributed by atoms with Crippen LogP contribution in [0.2, 0.25) is 0 Å². The summed E-state index contributed by atoms with van der Waals surface area (Å²) in [6.07, 6.45) is 1.14. The number of H-pyrrole nitrogens is 1. The molecule has 0 aliphatic carbocycles. The smallest absolute Gasteiger partial charge is 0.381 e. The minimum Gasteiger partial charge on any atom is -0.455 e. The number of rotatable bonds is 3. The van der Waals surface area contributed by atoms with Crippen molar-refractivity contribution in [2.45, 2.75) is 13.5 Å². The van der Waals surface area contributed by atoms with Crippen LogP contribution in [0.15, 0.2) is 6.20 Å². The SMILES string of the molecule is CC(=O)OCc1nc([N+](=O)[O-])c[nH]1. The first-order valence-electron chi connectivity index (χ1n) is 3.41. The van der Waals surface area contributed by atoms with Crippen LogP contribution in [0.1, 0.15) is 12.7 Å². The fourth-order valence-corrected chi connectivity index (χ4v) is 0.688. The van der Waals surface area contributed by atoms with E-state index < -0.39 is 10.9 Å². The first-order chi connectivity index (χ1) is 6.09. The summed E-state index contributed by atoms with van der Waals surface area (Å²) >= 11 is 0. The zero-order valence-corrected chi connectivity index (χ0v) is 6.81. The molecule has 13 heavy (non-hydrogen) atoms. The maximum absolute atomic E-state index is 10.4. The van der Waals surface area contributed by atoms with Crippen molar-refractivity contribution >= 4 is 11.8 Å². The summed E-state index contributed by atoms with van der Waals surface area (Å²) in [6, 6.07) is 0. The van der Waals surface area contributed by atoms with Gasteiger partial charge >= 0.3 is 11.8 Å². The van der Waals surface area contributed by atoms with E-state index in [0.29, 0.717) is 0 Å². The molecule has 0 aliphatic heterocycles. The van der Waals surface area contributed by atoms with Crippen molar-refractivity contribution in [3.05, 3.63) is 22.1 Å². The molecular formula is C6H7N3O4. The number of nitrogens with one attached hydrogen (secondary N) is 1. The van der Waals surface area contributed by atoms with E-state index in [2.05, 4.69) is 14.7 Å². The summed E-state index contributed by atoms with van der Waals surface area (Å²) in [5.41, 5.74) is 0. The molecule has 0 fully saturated rings. The lowest BCUT2D eigenvalue weighted by Crippen LogP contribution is -2.00. The predicted molar refractivity (Wildman–Crippen MR) is 40.7 cm³/mol.